The molecule has 0 aromatic heterocycles. The van der Waals surface area contributed by atoms with Crippen LogP contribution in [0.2, 0.25) is 0 Å². The van der Waals surface area contributed by atoms with E-state index in [1.165, 1.54) is 5.01 Å². The summed E-state index contributed by atoms with van der Waals surface area (Å²) in [5.74, 6) is -0.413. The fraction of sp³-hybridized carbons (Fsp3) is 0.550. The molecule has 7 nitrogen and oxygen atoms in total. The third-order valence-electron chi connectivity index (χ3n) is 5.44. The number of hydrazone groups is 1. The van der Waals surface area contributed by atoms with Gasteiger partial charge in [0.1, 0.15) is 5.71 Å². The molecule has 2 unspecified atom stereocenters. The zero-order valence-electron chi connectivity index (χ0n) is 16.4. The summed E-state index contributed by atoms with van der Waals surface area (Å²) in [6.45, 7) is 4.49. The number of hydrogen-bond acceptors (Lipinski definition) is 5. The number of hydrogen-bond donors (Lipinski definition) is 0. The van der Waals surface area contributed by atoms with Gasteiger partial charge in [0.25, 0.3) is 5.91 Å². The van der Waals surface area contributed by atoms with Crippen LogP contribution in [0.4, 0.5) is 0 Å². The van der Waals surface area contributed by atoms with E-state index in [0.717, 1.165) is 12.0 Å². The second kappa shape index (κ2) is 8.43. The van der Waals surface area contributed by atoms with E-state index < -0.39 is 15.9 Å². The number of benzene rings is 1. The lowest BCUT2D eigenvalue weighted by molar-refractivity contribution is -0.134. The van der Waals surface area contributed by atoms with Crippen LogP contribution >= 0.6 is 0 Å². The van der Waals surface area contributed by atoms with E-state index in [9.17, 15) is 18.0 Å². The second-order valence-electron chi connectivity index (χ2n) is 7.52. The Hall–Kier alpha value is -2.22. The standard InChI is InChI=1S/C20H27N3O4S/c1-3-15(2)22(13-16-7-5-4-6-8-16)20(25)18-9-10-19(24)23(21-18)17-11-12-28(26,27)14-17/h4-8,15,17H,3,9-14H2,1-2H3. The van der Waals surface area contributed by atoms with Crippen molar-refractivity contribution in [2.45, 2.75) is 58.2 Å². The third kappa shape index (κ3) is 4.60. The average molecular weight is 406 g/mol. The van der Waals surface area contributed by atoms with Crippen LogP contribution in [0.5, 0.6) is 0 Å². The van der Waals surface area contributed by atoms with Crippen LogP contribution in [-0.2, 0) is 26.0 Å². The molecule has 0 N–H and O–H groups in total. The van der Waals surface area contributed by atoms with E-state index in [0.29, 0.717) is 18.7 Å². The molecule has 2 amide bonds. The average Bonchev–Trinajstić information content (AvgIpc) is 3.05. The first kappa shape index (κ1) is 20.5. The van der Waals surface area contributed by atoms with Crippen molar-refractivity contribution in [3.63, 3.8) is 0 Å². The maximum Gasteiger partial charge on any atom is 0.270 e. The van der Waals surface area contributed by atoms with Gasteiger partial charge < -0.3 is 4.90 Å². The highest BCUT2D eigenvalue weighted by Gasteiger charge is 2.38. The molecule has 1 saturated heterocycles. The van der Waals surface area contributed by atoms with E-state index >= 15 is 0 Å². The van der Waals surface area contributed by atoms with Crippen molar-refractivity contribution in [2.24, 2.45) is 5.10 Å². The van der Waals surface area contributed by atoms with Gasteiger partial charge in [0.15, 0.2) is 9.84 Å². The summed E-state index contributed by atoms with van der Waals surface area (Å²) >= 11 is 0. The summed E-state index contributed by atoms with van der Waals surface area (Å²) in [7, 11) is -3.14. The number of carbonyl (C=O) groups is 2. The van der Waals surface area contributed by atoms with Crippen LogP contribution in [0.1, 0.15) is 45.1 Å². The monoisotopic (exact) mass is 405 g/mol. The van der Waals surface area contributed by atoms with Gasteiger partial charge in [-0.25, -0.2) is 13.4 Å². The van der Waals surface area contributed by atoms with E-state index in [2.05, 4.69) is 5.10 Å². The highest BCUT2D eigenvalue weighted by Crippen LogP contribution is 2.23. The highest BCUT2D eigenvalue weighted by molar-refractivity contribution is 7.91. The summed E-state index contributed by atoms with van der Waals surface area (Å²) in [5.41, 5.74) is 1.36. The van der Waals surface area contributed by atoms with Gasteiger partial charge in [-0.2, -0.15) is 5.10 Å². The van der Waals surface area contributed by atoms with Crippen LogP contribution in [0.15, 0.2) is 35.4 Å². The van der Waals surface area contributed by atoms with E-state index in [1.54, 1.807) is 4.90 Å². The predicted octanol–water partition coefficient (Wildman–Crippen LogP) is 1.98. The largest absolute Gasteiger partial charge is 0.331 e. The fourth-order valence-electron chi connectivity index (χ4n) is 3.57. The predicted molar refractivity (Wildman–Crippen MR) is 107 cm³/mol. The molecular weight excluding hydrogens is 378 g/mol. The van der Waals surface area contributed by atoms with Crippen LogP contribution in [0.25, 0.3) is 0 Å². The maximum atomic E-state index is 13.2. The van der Waals surface area contributed by atoms with Crippen molar-refractivity contribution >= 4 is 27.4 Å². The van der Waals surface area contributed by atoms with Crippen molar-refractivity contribution in [2.75, 3.05) is 11.5 Å². The molecule has 1 aromatic rings. The minimum absolute atomic E-state index is 0.0216. The Morgan fingerprint density at radius 3 is 2.61 bits per heavy atom. The van der Waals surface area contributed by atoms with E-state index in [1.807, 2.05) is 44.2 Å². The molecule has 0 aliphatic carbocycles. The summed E-state index contributed by atoms with van der Waals surface area (Å²) in [6.07, 6.45) is 1.64. The van der Waals surface area contributed by atoms with Crippen molar-refractivity contribution in [1.29, 1.82) is 0 Å². The number of sulfone groups is 1. The fourth-order valence-corrected chi connectivity index (χ4v) is 5.27. The Balaban J connectivity index is 1.83. The molecule has 0 saturated carbocycles. The molecule has 3 rings (SSSR count). The molecule has 2 heterocycles. The van der Waals surface area contributed by atoms with Crippen LogP contribution < -0.4 is 0 Å². The number of rotatable bonds is 6. The summed E-state index contributed by atoms with van der Waals surface area (Å²) in [5, 5.41) is 5.58. The van der Waals surface area contributed by atoms with Gasteiger partial charge in [-0.15, -0.1) is 0 Å². The molecule has 2 aliphatic heterocycles. The van der Waals surface area contributed by atoms with Crippen molar-refractivity contribution in [3.05, 3.63) is 35.9 Å². The Kier molecular flexibility index (Phi) is 6.17. The van der Waals surface area contributed by atoms with E-state index in [-0.39, 0.29) is 42.2 Å². The maximum absolute atomic E-state index is 13.2. The van der Waals surface area contributed by atoms with Gasteiger partial charge in [-0.3, -0.25) is 9.59 Å². The quantitative estimate of drug-likeness (QED) is 0.724. The Bertz CT molecular complexity index is 867. The molecule has 8 heteroatoms. The van der Waals surface area contributed by atoms with Crippen LogP contribution in [-0.4, -0.2) is 59.4 Å². The normalized spacial score (nSPS) is 22.6. The lowest BCUT2D eigenvalue weighted by Gasteiger charge is -2.32. The smallest absolute Gasteiger partial charge is 0.270 e. The van der Waals surface area contributed by atoms with Crippen LogP contribution in [0.3, 0.4) is 0 Å². The second-order valence-corrected chi connectivity index (χ2v) is 9.75. The molecule has 2 aliphatic rings. The zero-order chi connectivity index (χ0) is 20.3. The molecule has 28 heavy (non-hydrogen) atoms. The van der Waals surface area contributed by atoms with Crippen molar-refractivity contribution in [3.8, 4) is 0 Å². The Morgan fingerprint density at radius 1 is 1.29 bits per heavy atom. The molecule has 1 aromatic carbocycles. The SMILES string of the molecule is CCC(C)N(Cc1ccccc1)C(=O)C1=NN(C2CCS(=O)(=O)C2)C(=O)CC1. The van der Waals surface area contributed by atoms with Gasteiger partial charge in [-0.1, -0.05) is 37.3 Å². The van der Waals surface area contributed by atoms with Crippen LogP contribution in [0, 0.1) is 0 Å². The van der Waals surface area contributed by atoms with Gasteiger partial charge >= 0.3 is 0 Å². The first-order valence-corrected chi connectivity index (χ1v) is 11.6. The Morgan fingerprint density at radius 2 is 2.00 bits per heavy atom. The van der Waals surface area contributed by atoms with Gasteiger partial charge in [0.2, 0.25) is 5.91 Å². The minimum atomic E-state index is -3.14. The summed E-state index contributed by atoms with van der Waals surface area (Å²) < 4.78 is 23.6. The molecule has 0 spiro atoms. The molecule has 2 atom stereocenters. The molecule has 0 bridgehead atoms. The molecule has 152 valence electrons. The molecule has 1 fully saturated rings. The van der Waals surface area contributed by atoms with Crippen molar-refractivity contribution in [1.82, 2.24) is 9.91 Å². The first-order valence-electron chi connectivity index (χ1n) is 9.75. The zero-order valence-corrected chi connectivity index (χ0v) is 17.2. The lowest BCUT2D eigenvalue weighted by atomic mass is 10.1. The highest BCUT2D eigenvalue weighted by atomic mass is 32.2. The lowest BCUT2D eigenvalue weighted by Crippen LogP contribution is -2.47. The summed E-state index contributed by atoms with van der Waals surface area (Å²) in [6, 6.07) is 9.32. The third-order valence-corrected chi connectivity index (χ3v) is 7.19. The number of carbonyl (C=O) groups excluding carboxylic acids is 2. The molecular formula is C20H27N3O4S. The first-order chi connectivity index (χ1) is 13.3. The van der Waals surface area contributed by atoms with Gasteiger partial charge in [0.05, 0.1) is 17.5 Å². The minimum Gasteiger partial charge on any atom is -0.331 e. The van der Waals surface area contributed by atoms with E-state index in [4.69, 9.17) is 0 Å². The van der Waals surface area contributed by atoms with Gasteiger partial charge in [-0.05, 0) is 25.3 Å². The topological polar surface area (TPSA) is 87.1 Å². The van der Waals surface area contributed by atoms with Gasteiger partial charge in [0, 0.05) is 25.4 Å². The molecule has 0 radical (unpaired) electrons. The number of amides is 2. The Labute approximate surface area is 166 Å². The van der Waals surface area contributed by atoms with Crippen molar-refractivity contribution < 1.29 is 18.0 Å². The summed E-state index contributed by atoms with van der Waals surface area (Å²) in [4.78, 5) is 27.3. The number of nitrogens with zero attached hydrogens (tertiary/aromatic N) is 3.